The highest BCUT2D eigenvalue weighted by atomic mass is 35.5. The lowest BCUT2D eigenvalue weighted by Crippen LogP contribution is -2.38. The number of thiophene rings is 1. The van der Waals surface area contributed by atoms with Gasteiger partial charge in [-0.05, 0) is 44.4 Å². The molecule has 9 heteroatoms. The van der Waals surface area contributed by atoms with Gasteiger partial charge in [-0.15, -0.1) is 11.3 Å². The van der Waals surface area contributed by atoms with Crippen LogP contribution in [0.1, 0.15) is 40.5 Å². The molecule has 158 valence electrons. The summed E-state index contributed by atoms with van der Waals surface area (Å²) in [5.41, 5.74) is 9.25. The van der Waals surface area contributed by atoms with E-state index in [4.69, 9.17) is 17.3 Å². The fraction of sp³-hybridized carbons (Fsp3) is 0.273. The Hall–Kier alpha value is -3.15. The number of aryl methyl sites for hydroxylation is 2. The van der Waals surface area contributed by atoms with Crippen molar-refractivity contribution in [3.63, 3.8) is 0 Å². The van der Waals surface area contributed by atoms with Crippen molar-refractivity contribution >= 4 is 40.1 Å². The number of rotatable bonds is 3. The van der Waals surface area contributed by atoms with Gasteiger partial charge in [0.05, 0.1) is 33.2 Å². The maximum atomic E-state index is 13.1. The van der Waals surface area contributed by atoms with Crippen LogP contribution in [0.5, 0.6) is 0 Å². The number of hydrogen-bond donors (Lipinski definition) is 1. The number of allylic oxidation sites excluding steroid dienone is 3. The summed E-state index contributed by atoms with van der Waals surface area (Å²) >= 11 is 8.02. The van der Waals surface area contributed by atoms with Crippen LogP contribution in [0, 0.1) is 35.3 Å². The number of benzene rings is 1. The smallest absolute Gasteiger partial charge is 0.271 e. The van der Waals surface area contributed by atoms with E-state index in [-0.39, 0.29) is 27.9 Å². The number of nitriles is 1. The van der Waals surface area contributed by atoms with Crippen molar-refractivity contribution in [1.82, 2.24) is 0 Å². The van der Waals surface area contributed by atoms with Crippen LogP contribution >= 0.6 is 22.9 Å². The number of non-ortho nitro benzene ring substituents is 1. The number of nitrogens with zero attached hydrogens (tertiary/aromatic N) is 3. The molecule has 0 radical (unpaired) electrons. The Morgan fingerprint density at radius 2 is 2.06 bits per heavy atom. The monoisotopic (exact) mass is 454 g/mol. The van der Waals surface area contributed by atoms with E-state index in [1.165, 1.54) is 18.2 Å². The van der Waals surface area contributed by atoms with Crippen LogP contribution in [0.2, 0.25) is 5.02 Å². The van der Waals surface area contributed by atoms with Gasteiger partial charge in [-0.25, -0.2) is 0 Å². The van der Waals surface area contributed by atoms with Crippen LogP contribution in [0.15, 0.2) is 46.9 Å². The highest BCUT2D eigenvalue weighted by molar-refractivity contribution is 7.12. The van der Waals surface area contributed by atoms with Gasteiger partial charge < -0.3 is 5.73 Å². The number of halogens is 1. The van der Waals surface area contributed by atoms with Crippen LogP contribution < -0.4 is 10.6 Å². The number of nitro benzene ring substituents is 1. The summed E-state index contributed by atoms with van der Waals surface area (Å²) in [6.07, 6.45) is 1.65. The Morgan fingerprint density at radius 3 is 2.65 bits per heavy atom. The van der Waals surface area contributed by atoms with E-state index in [0.717, 1.165) is 15.3 Å². The van der Waals surface area contributed by atoms with Gasteiger partial charge in [0.15, 0.2) is 5.78 Å². The van der Waals surface area contributed by atoms with Gasteiger partial charge in [-0.2, -0.15) is 5.26 Å². The zero-order chi connectivity index (χ0) is 22.4. The van der Waals surface area contributed by atoms with Crippen LogP contribution in [0.25, 0.3) is 0 Å². The summed E-state index contributed by atoms with van der Waals surface area (Å²) in [5, 5.41) is 21.3. The molecule has 1 aliphatic carbocycles. The molecule has 2 aromatic rings. The minimum absolute atomic E-state index is 0.0159. The zero-order valence-corrected chi connectivity index (χ0v) is 18.5. The fourth-order valence-corrected chi connectivity index (χ4v) is 5.62. The summed E-state index contributed by atoms with van der Waals surface area (Å²) in [4.78, 5) is 27.5. The van der Waals surface area contributed by atoms with Gasteiger partial charge in [-0.3, -0.25) is 19.8 Å². The third kappa shape index (κ3) is 3.40. The van der Waals surface area contributed by atoms with E-state index in [1.807, 2.05) is 19.9 Å². The quantitative estimate of drug-likeness (QED) is 0.501. The number of ketones is 1. The third-order valence-electron chi connectivity index (χ3n) is 5.69. The molecule has 1 aromatic heterocycles. The minimum atomic E-state index is -0.529. The lowest BCUT2D eigenvalue weighted by Gasteiger charge is -2.39. The number of carbonyl (C=O) groups is 1. The van der Waals surface area contributed by atoms with E-state index in [1.54, 1.807) is 16.2 Å². The number of anilines is 1. The second kappa shape index (κ2) is 7.84. The molecule has 2 aliphatic rings. The topological polar surface area (TPSA) is 113 Å². The van der Waals surface area contributed by atoms with Crippen LogP contribution in [-0.2, 0) is 4.79 Å². The zero-order valence-electron chi connectivity index (χ0n) is 16.9. The molecule has 0 unspecified atom stereocenters. The minimum Gasteiger partial charge on any atom is -0.384 e. The molecule has 2 N–H and O–H groups in total. The van der Waals surface area contributed by atoms with Crippen molar-refractivity contribution in [1.29, 1.82) is 5.26 Å². The lowest BCUT2D eigenvalue weighted by molar-refractivity contribution is -0.384. The predicted molar refractivity (Wildman–Crippen MR) is 120 cm³/mol. The summed E-state index contributed by atoms with van der Waals surface area (Å²) in [6, 6.07) is 8.32. The second-order valence-electron chi connectivity index (χ2n) is 7.58. The highest BCUT2D eigenvalue weighted by Gasteiger charge is 2.41. The van der Waals surface area contributed by atoms with Crippen LogP contribution in [-0.4, -0.2) is 10.7 Å². The highest BCUT2D eigenvalue weighted by Crippen LogP contribution is 2.49. The normalized spacial score (nSPS) is 18.8. The number of carbonyl (C=O) groups excluding carboxylic acids is 1. The van der Waals surface area contributed by atoms with E-state index in [2.05, 4.69) is 6.07 Å². The SMILES string of the molecule is Cc1cc([C@@H]2C(C#N)=C(N)N(c3ccc([N+](=O)[O-])cc3Cl)C3=C2C(=O)CCC3)c(C)s1. The molecule has 0 fully saturated rings. The summed E-state index contributed by atoms with van der Waals surface area (Å²) in [6.45, 7) is 3.97. The summed E-state index contributed by atoms with van der Waals surface area (Å²) in [5.74, 6) is -0.344. The van der Waals surface area contributed by atoms with Crippen LogP contribution in [0.3, 0.4) is 0 Å². The first-order valence-corrected chi connectivity index (χ1v) is 10.9. The molecule has 2 heterocycles. The molecule has 0 saturated heterocycles. The summed E-state index contributed by atoms with van der Waals surface area (Å²) in [7, 11) is 0. The third-order valence-corrected chi connectivity index (χ3v) is 6.97. The van der Waals surface area contributed by atoms with E-state index in [0.29, 0.717) is 36.2 Å². The van der Waals surface area contributed by atoms with Crippen molar-refractivity contribution in [2.45, 2.75) is 39.0 Å². The Kier molecular flexibility index (Phi) is 5.33. The average molecular weight is 455 g/mol. The maximum absolute atomic E-state index is 13.1. The van der Waals surface area contributed by atoms with Crippen molar-refractivity contribution < 1.29 is 9.72 Å². The molecule has 0 bridgehead atoms. The Labute approximate surface area is 188 Å². The molecule has 0 amide bonds. The first-order valence-electron chi connectivity index (χ1n) is 9.71. The number of nitrogens with two attached hydrogens (primary N) is 1. The van der Waals surface area contributed by atoms with Crippen molar-refractivity contribution in [2.24, 2.45) is 5.73 Å². The average Bonchev–Trinajstić information content (AvgIpc) is 3.05. The molecule has 0 spiro atoms. The van der Waals surface area contributed by atoms with E-state index < -0.39 is 10.8 Å². The second-order valence-corrected chi connectivity index (χ2v) is 9.45. The Bertz CT molecular complexity index is 1240. The van der Waals surface area contributed by atoms with E-state index >= 15 is 0 Å². The molecule has 1 aromatic carbocycles. The van der Waals surface area contributed by atoms with E-state index in [9.17, 15) is 20.2 Å². The first kappa shape index (κ1) is 21.1. The number of hydrogen-bond acceptors (Lipinski definition) is 7. The van der Waals surface area contributed by atoms with Gasteiger partial charge in [0.25, 0.3) is 5.69 Å². The molecule has 1 atom stereocenters. The number of nitro groups is 1. The Balaban J connectivity index is 1.98. The lowest BCUT2D eigenvalue weighted by atomic mass is 9.75. The largest absolute Gasteiger partial charge is 0.384 e. The molecular weight excluding hydrogens is 436 g/mol. The Morgan fingerprint density at radius 1 is 1.32 bits per heavy atom. The molecule has 1 aliphatic heterocycles. The molecule has 4 rings (SSSR count). The predicted octanol–water partition coefficient (Wildman–Crippen LogP) is 5.23. The van der Waals surface area contributed by atoms with Crippen molar-refractivity contribution in [3.8, 4) is 6.07 Å². The van der Waals surface area contributed by atoms with Crippen molar-refractivity contribution in [3.05, 3.63) is 77.4 Å². The van der Waals surface area contributed by atoms with Gasteiger partial charge in [-0.1, -0.05) is 11.6 Å². The maximum Gasteiger partial charge on any atom is 0.271 e. The van der Waals surface area contributed by atoms with Gasteiger partial charge in [0, 0.05) is 39.6 Å². The first-order chi connectivity index (χ1) is 14.7. The van der Waals surface area contributed by atoms with Crippen molar-refractivity contribution in [2.75, 3.05) is 4.90 Å². The fourth-order valence-electron chi connectivity index (χ4n) is 4.40. The molecular formula is C22H19ClN4O3S. The summed E-state index contributed by atoms with van der Waals surface area (Å²) < 4.78 is 0. The van der Waals surface area contributed by atoms with Gasteiger partial charge in [0.1, 0.15) is 5.82 Å². The van der Waals surface area contributed by atoms with Crippen LogP contribution in [0.4, 0.5) is 11.4 Å². The molecule has 31 heavy (non-hydrogen) atoms. The number of Topliss-reactive ketones (excluding diaryl/α,β-unsaturated/α-hetero) is 1. The molecule has 7 nitrogen and oxygen atoms in total. The standard InChI is InChI=1S/C22H19ClN4O3S/c1-11-8-14(12(2)31-11)20-15(10-24)22(25)26(18-4-3-5-19(28)21(18)20)17-7-6-13(27(29)30)9-16(17)23/h6-9,20H,3-5,25H2,1-2H3/t20-/m1/s1. The van der Waals surface area contributed by atoms with Gasteiger partial charge >= 0.3 is 0 Å². The molecule has 0 saturated carbocycles. The van der Waals surface area contributed by atoms with Gasteiger partial charge in [0.2, 0.25) is 0 Å².